The largest absolute Gasteiger partial charge is 0.306 e. The average molecular weight is 390 g/mol. The van der Waals surface area contributed by atoms with E-state index < -0.39 is 34.2 Å². The highest BCUT2D eigenvalue weighted by Crippen LogP contribution is 2.58. The van der Waals surface area contributed by atoms with E-state index in [2.05, 4.69) is 46.1 Å². The van der Waals surface area contributed by atoms with Crippen LogP contribution in [0, 0.1) is 0 Å². The molecule has 4 atom stereocenters. The minimum absolute atomic E-state index is 0.0525. The molecule has 0 aromatic rings. The molecule has 0 aromatic carbocycles. The summed E-state index contributed by atoms with van der Waals surface area (Å²) in [5.74, 6) is -4.67. The molecule has 0 aromatic heterocycles. The van der Waals surface area contributed by atoms with Gasteiger partial charge in [-0.2, -0.15) is 8.78 Å². The number of allylic oxidation sites excluding steroid dienone is 7. The molecule has 0 rings (SSSR count). The lowest BCUT2D eigenvalue weighted by Gasteiger charge is -2.50. The number of hydrogen-bond donors (Lipinski definition) is 0. The van der Waals surface area contributed by atoms with Crippen molar-refractivity contribution in [3.05, 3.63) is 87.6 Å². The van der Waals surface area contributed by atoms with Crippen LogP contribution in [0.2, 0.25) is 0 Å². The molecule has 0 nitrogen and oxygen atoms in total. The monoisotopic (exact) mass is 390 g/mol. The Bertz CT molecular complexity index is 678. The Morgan fingerprint density at radius 1 is 0.667 bits per heavy atom. The zero-order valence-electron chi connectivity index (χ0n) is 15.3. The van der Waals surface area contributed by atoms with Gasteiger partial charge in [-0.1, -0.05) is 51.6 Å². The summed E-state index contributed by atoms with van der Waals surface area (Å²) >= 11 is 0. The van der Waals surface area contributed by atoms with E-state index in [9.17, 15) is 8.78 Å². The third kappa shape index (κ3) is 3.26. The molecule has 0 aliphatic heterocycles. The second-order valence-electron chi connectivity index (χ2n) is 6.23. The quantitative estimate of drug-likeness (QED) is 0.251. The fourth-order valence-corrected chi connectivity index (χ4v) is 2.84. The Morgan fingerprint density at radius 3 is 1.33 bits per heavy atom. The molecule has 150 valence electrons. The van der Waals surface area contributed by atoms with Crippen molar-refractivity contribution < 1.29 is 26.3 Å². The van der Waals surface area contributed by atoms with Crippen molar-refractivity contribution in [2.24, 2.45) is 0 Å². The first-order chi connectivity index (χ1) is 12.1. The Kier molecular flexibility index (Phi) is 7.14. The predicted molar refractivity (Wildman–Crippen MR) is 99.9 cm³/mol. The highest BCUT2D eigenvalue weighted by atomic mass is 19.3. The highest BCUT2D eigenvalue weighted by Gasteiger charge is 2.77. The number of alkyl halides is 6. The van der Waals surface area contributed by atoms with Crippen molar-refractivity contribution >= 4 is 0 Å². The van der Waals surface area contributed by atoms with Gasteiger partial charge in [0.1, 0.15) is 0 Å². The maximum absolute atomic E-state index is 15.9. The molecule has 0 spiro atoms. The summed E-state index contributed by atoms with van der Waals surface area (Å²) < 4.78 is 91.1. The summed E-state index contributed by atoms with van der Waals surface area (Å²) in [6, 6.07) is 0. The second-order valence-corrected chi connectivity index (χ2v) is 6.23. The molecule has 0 radical (unpaired) electrons. The van der Waals surface area contributed by atoms with Gasteiger partial charge in [-0.15, -0.1) is 0 Å². The molecule has 0 amide bonds. The fourth-order valence-electron chi connectivity index (χ4n) is 2.84. The third-order valence-corrected chi connectivity index (χ3v) is 4.48. The maximum Gasteiger partial charge on any atom is 0.306 e. The summed E-state index contributed by atoms with van der Waals surface area (Å²) in [6.07, 6.45) is -0.448. The Labute approximate surface area is 156 Å². The topological polar surface area (TPSA) is 0 Å². The lowest BCUT2D eigenvalue weighted by atomic mass is 9.63. The number of halogens is 6. The minimum atomic E-state index is -4.67. The van der Waals surface area contributed by atoms with Gasteiger partial charge in [-0.3, -0.25) is 0 Å². The molecule has 0 saturated heterocycles. The number of hydrogen-bond acceptors (Lipinski definition) is 0. The van der Waals surface area contributed by atoms with Gasteiger partial charge in [-0.25, -0.2) is 17.6 Å². The van der Waals surface area contributed by atoms with Gasteiger partial charge in [0.2, 0.25) is 17.0 Å². The van der Waals surface area contributed by atoms with Gasteiger partial charge < -0.3 is 0 Å². The van der Waals surface area contributed by atoms with Crippen molar-refractivity contribution in [2.75, 3.05) is 0 Å². The van der Waals surface area contributed by atoms with Crippen molar-refractivity contribution in [3.63, 3.8) is 0 Å². The van der Waals surface area contributed by atoms with Crippen LogP contribution >= 0.6 is 0 Å². The van der Waals surface area contributed by atoms with Gasteiger partial charge in [-0.05, 0) is 49.3 Å². The van der Waals surface area contributed by atoms with Gasteiger partial charge in [0.05, 0.1) is 0 Å². The standard InChI is InChI=1S/C21H24F6/c1-9-17(22,16(8)14-15(6)7)18(23,10-2)19(24,11-3)20(25,12-4)21(26,27)13-5/h9-13H,1-6,8,14H2,7H3. The van der Waals surface area contributed by atoms with E-state index in [4.69, 9.17) is 0 Å². The molecule has 0 N–H and O–H groups in total. The fraction of sp³-hybridized carbons (Fsp3) is 0.333. The van der Waals surface area contributed by atoms with Crippen LogP contribution in [0.4, 0.5) is 26.3 Å². The molecular weight excluding hydrogens is 366 g/mol. The second kappa shape index (κ2) is 7.79. The molecule has 0 saturated carbocycles. The van der Waals surface area contributed by atoms with Crippen LogP contribution in [-0.4, -0.2) is 28.6 Å². The first-order valence-corrected chi connectivity index (χ1v) is 7.78. The zero-order valence-corrected chi connectivity index (χ0v) is 15.3. The van der Waals surface area contributed by atoms with Crippen LogP contribution in [0.3, 0.4) is 0 Å². The average Bonchev–Trinajstić information content (AvgIpc) is 2.63. The summed E-state index contributed by atoms with van der Waals surface area (Å²) in [5.41, 5.74) is -16.8. The number of rotatable bonds is 12. The van der Waals surface area contributed by atoms with Crippen molar-refractivity contribution in [1.29, 1.82) is 0 Å². The van der Waals surface area contributed by atoms with E-state index in [1.165, 1.54) is 6.92 Å². The van der Waals surface area contributed by atoms with Crippen LogP contribution in [0.15, 0.2) is 87.6 Å². The lowest BCUT2D eigenvalue weighted by molar-refractivity contribution is -0.187. The van der Waals surface area contributed by atoms with E-state index >= 15 is 17.6 Å². The van der Waals surface area contributed by atoms with E-state index in [-0.39, 0.29) is 30.7 Å². The Balaban J connectivity index is 7.10. The normalized spacial score (nSPS) is 20.6. The van der Waals surface area contributed by atoms with Crippen LogP contribution in [-0.2, 0) is 0 Å². The highest BCUT2D eigenvalue weighted by molar-refractivity contribution is 5.45. The lowest BCUT2D eigenvalue weighted by Crippen LogP contribution is -2.70. The molecule has 27 heavy (non-hydrogen) atoms. The van der Waals surface area contributed by atoms with E-state index in [0.29, 0.717) is 11.6 Å². The maximum atomic E-state index is 15.9. The van der Waals surface area contributed by atoms with E-state index in [1.807, 2.05) is 0 Å². The molecule has 6 heteroatoms. The van der Waals surface area contributed by atoms with E-state index in [1.54, 1.807) is 0 Å². The van der Waals surface area contributed by atoms with Crippen molar-refractivity contribution in [1.82, 2.24) is 0 Å². The summed E-state index contributed by atoms with van der Waals surface area (Å²) in [7, 11) is 0. The molecule has 0 aliphatic rings. The van der Waals surface area contributed by atoms with Crippen LogP contribution in [0.5, 0.6) is 0 Å². The van der Waals surface area contributed by atoms with Gasteiger partial charge in [0.15, 0.2) is 5.67 Å². The van der Waals surface area contributed by atoms with Crippen LogP contribution in [0.25, 0.3) is 0 Å². The summed E-state index contributed by atoms with van der Waals surface area (Å²) in [4.78, 5) is 0. The first-order valence-electron chi connectivity index (χ1n) is 7.78. The predicted octanol–water partition coefficient (Wildman–Crippen LogP) is 6.91. The van der Waals surface area contributed by atoms with Crippen LogP contribution in [0.1, 0.15) is 13.3 Å². The molecular formula is C21H24F6. The summed E-state index contributed by atoms with van der Waals surface area (Å²) in [6.45, 7) is 22.9. The van der Waals surface area contributed by atoms with Gasteiger partial charge in [0, 0.05) is 0 Å². The van der Waals surface area contributed by atoms with Gasteiger partial charge >= 0.3 is 5.92 Å². The SMILES string of the molecule is C=CC(F)(F)C(F)(C=C)C(F)(C=C)C(F)(C=C)C(F)(C=C)C(=C)CC(=C)C. The van der Waals surface area contributed by atoms with Gasteiger partial charge in [0.25, 0.3) is 0 Å². The van der Waals surface area contributed by atoms with E-state index in [0.717, 1.165) is 0 Å². The Hall–Kier alpha value is -2.24. The third-order valence-electron chi connectivity index (χ3n) is 4.48. The van der Waals surface area contributed by atoms with Crippen molar-refractivity contribution in [2.45, 2.75) is 41.9 Å². The Morgan fingerprint density at radius 2 is 1.07 bits per heavy atom. The molecule has 0 fully saturated rings. The minimum Gasteiger partial charge on any atom is -0.231 e. The zero-order chi connectivity index (χ0) is 21.9. The molecule has 4 unspecified atom stereocenters. The first kappa shape index (κ1) is 24.8. The molecule has 0 aliphatic carbocycles. The van der Waals surface area contributed by atoms with Crippen molar-refractivity contribution in [3.8, 4) is 0 Å². The molecule has 0 bridgehead atoms. The molecule has 0 heterocycles. The summed E-state index contributed by atoms with van der Waals surface area (Å²) in [5, 5.41) is 0. The van der Waals surface area contributed by atoms with Crippen LogP contribution < -0.4 is 0 Å². The smallest absolute Gasteiger partial charge is 0.231 e.